The van der Waals surface area contributed by atoms with Crippen molar-refractivity contribution in [1.29, 1.82) is 5.26 Å². The third-order valence-corrected chi connectivity index (χ3v) is 2.58. The average Bonchev–Trinajstić information content (AvgIpc) is 2.14. The van der Waals surface area contributed by atoms with Crippen LogP contribution in [0.5, 0.6) is 0 Å². The molecule has 1 aromatic rings. The Bertz CT molecular complexity index is 357. The van der Waals surface area contributed by atoms with Crippen LogP contribution in [0.4, 0.5) is 11.4 Å². The number of nitrogens with zero attached hydrogens (tertiary/aromatic N) is 2. The molecule has 3 nitrogen and oxygen atoms in total. The SMILES string of the molecule is CN(CCC#N)c1ccc(N)cc1Br. The number of halogens is 1. The van der Waals surface area contributed by atoms with Crippen molar-refractivity contribution in [3.8, 4) is 6.07 Å². The molecule has 0 saturated carbocycles. The summed E-state index contributed by atoms with van der Waals surface area (Å²) in [5.41, 5.74) is 7.41. The summed E-state index contributed by atoms with van der Waals surface area (Å²) in [4.78, 5) is 2.02. The predicted molar refractivity (Wildman–Crippen MR) is 62.1 cm³/mol. The van der Waals surface area contributed by atoms with Crippen molar-refractivity contribution in [2.45, 2.75) is 6.42 Å². The predicted octanol–water partition coefficient (Wildman–Crippen LogP) is 2.38. The van der Waals surface area contributed by atoms with E-state index in [0.717, 1.165) is 22.4 Å². The maximum atomic E-state index is 8.47. The zero-order valence-corrected chi connectivity index (χ0v) is 9.58. The van der Waals surface area contributed by atoms with E-state index in [1.54, 1.807) is 0 Å². The fourth-order valence-electron chi connectivity index (χ4n) is 1.17. The molecule has 0 aliphatic carbocycles. The zero-order valence-electron chi connectivity index (χ0n) is 8.00. The third-order valence-electron chi connectivity index (χ3n) is 1.94. The highest BCUT2D eigenvalue weighted by molar-refractivity contribution is 9.10. The number of rotatable bonds is 3. The van der Waals surface area contributed by atoms with Gasteiger partial charge in [0.15, 0.2) is 0 Å². The lowest BCUT2D eigenvalue weighted by Crippen LogP contribution is -2.18. The first-order chi connectivity index (χ1) is 6.65. The van der Waals surface area contributed by atoms with E-state index in [9.17, 15) is 0 Å². The lowest BCUT2D eigenvalue weighted by molar-refractivity contribution is 0.903. The van der Waals surface area contributed by atoms with Gasteiger partial charge in [-0.05, 0) is 34.1 Å². The van der Waals surface area contributed by atoms with Gasteiger partial charge in [-0.1, -0.05) is 0 Å². The molecule has 0 saturated heterocycles. The van der Waals surface area contributed by atoms with Gasteiger partial charge in [0.25, 0.3) is 0 Å². The molecule has 0 bridgehead atoms. The van der Waals surface area contributed by atoms with E-state index < -0.39 is 0 Å². The molecular weight excluding hydrogens is 242 g/mol. The summed E-state index contributed by atoms with van der Waals surface area (Å²) in [5, 5.41) is 8.47. The summed E-state index contributed by atoms with van der Waals surface area (Å²) in [6.07, 6.45) is 0.521. The number of hydrogen-bond acceptors (Lipinski definition) is 3. The Hall–Kier alpha value is -1.21. The molecule has 0 radical (unpaired) electrons. The Labute approximate surface area is 92.3 Å². The summed E-state index contributed by atoms with van der Waals surface area (Å²) in [7, 11) is 1.95. The summed E-state index contributed by atoms with van der Waals surface area (Å²) in [5.74, 6) is 0. The minimum atomic E-state index is 0.521. The Morgan fingerprint density at radius 1 is 1.57 bits per heavy atom. The molecule has 0 spiro atoms. The van der Waals surface area contributed by atoms with Gasteiger partial charge in [0.2, 0.25) is 0 Å². The number of nitrogens with two attached hydrogens (primary N) is 1. The quantitative estimate of drug-likeness (QED) is 0.842. The number of benzene rings is 1. The monoisotopic (exact) mass is 253 g/mol. The number of nitriles is 1. The molecule has 0 unspecified atom stereocenters. The second kappa shape index (κ2) is 4.87. The van der Waals surface area contributed by atoms with Crippen molar-refractivity contribution >= 4 is 27.3 Å². The van der Waals surface area contributed by atoms with Crippen LogP contribution in [-0.2, 0) is 0 Å². The second-order valence-corrected chi connectivity index (χ2v) is 3.89. The van der Waals surface area contributed by atoms with Crippen molar-refractivity contribution < 1.29 is 0 Å². The molecule has 0 amide bonds. The van der Waals surface area contributed by atoms with E-state index >= 15 is 0 Å². The summed E-state index contributed by atoms with van der Waals surface area (Å²) >= 11 is 3.44. The number of nitrogen functional groups attached to an aromatic ring is 1. The Balaban J connectivity index is 2.80. The van der Waals surface area contributed by atoms with E-state index in [1.165, 1.54) is 0 Å². The van der Waals surface area contributed by atoms with Crippen LogP contribution in [-0.4, -0.2) is 13.6 Å². The molecule has 0 aliphatic heterocycles. The van der Waals surface area contributed by atoms with Crippen LogP contribution in [0, 0.1) is 11.3 Å². The van der Waals surface area contributed by atoms with E-state index in [4.69, 9.17) is 11.0 Å². The highest BCUT2D eigenvalue weighted by Crippen LogP contribution is 2.27. The highest BCUT2D eigenvalue weighted by Gasteiger charge is 2.04. The molecular formula is C10H12BrN3. The Morgan fingerprint density at radius 3 is 2.86 bits per heavy atom. The Morgan fingerprint density at radius 2 is 2.29 bits per heavy atom. The van der Waals surface area contributed by atoms with Crippen molar-refractivity contribution in [3.05, 3.63) is 22.7 Å². The smallest absolute Gasteiger partial charge is 0.0640 e. The lowest BCUT2D eigenvalue weighted by Gasteiger charge is -2.19. The van der Waals surface area contributed by atoms with Gasteiger partial charge in [0.05, 0.1) is 18.2 Å². The largest absolute Gasteiger partial charge is 0.399 e. The number of hydrogen-bond donors (Lipinski definition) is 1. The maximum absolute atomic E-state index is 8.47. The normalized spacial score (nSPS) is 9.50. The topological polar surface area (TPSA) is 53.0 Å². The van der Waals surface area contributed by atoms with Crippen LogP contribution < -0.4 is 10.6 Å². The maximum Gasteiger partial charge on any atom is 0.0640 e. The highest BCUT2D eigenvalue weighted by atomic mass is 79.9. The fourth-order valence-corrected chi connectivity index (χ4v) is 1.87. The average molecular weight is 254 g/mol. The summed E-state index contributed by atoms with van der Waals surface area (Å²) in [6.45, 7) is 0.721. The molecule has 0 aliphatic rings. The molecule has 1 aromatic carbocycles. The van der Waals surface area contributed by atoms with Crippen LogP contribution in [0.15, 0.2) is 22.7 Å². The van der Waals surface area contributed by atoms with Gasteiger partial charge >= 0.3 is 0 Å². The summed E-state index contributed by atoms with van der Waals surface area (Å²) in [6, 6.07) is 7.77. The third kappa shape index (κ3) is 2.64. The first-order valence-corrected chi connectivity index (χ1v) is 5.07. The minimum Gasteiger partial charge on any atom is -0.399 e. The zero-order chi connectivity index (χ0) is 10.6. The van der Waals surface area contributed by atoms with Gasteiger partial charge in [-0.15, -0.1) is 0 Å². The molecule has 0 atom stereocenters. The lowest BCUT2D eigenvalue weighted by atomic mass is 10.2. The molecule has 74 valence electrons. The van der Waals surface area contributed by atoms with Gasteiger partial charge < -0.3 is 10.6 Å². The van der Waals surface area contributed by atoms with Crippen LogP contribution in [0.1, 0.15) is 6.42 Å². The molecule has 0 fully saturated rings. The van der Waals surface area contributed by atoms with Crippen molar-refractivity contribution in [1.82, 2.24) is 0 Å². The second-order valence-electron chi connectivity index (χ2n) is 3.04. The van der Waals surface area contributed by atoms with Crippen LogP contribution >= 0.6 is 15.9 Å². The molecule has 2 N–H and O–H groups in total. The standard InChI is InChI=1S/C10H12BrN3/c1-14(6-2-5-12)10-4-3-8(13)7-9(10)11/h3-4,7H,2,6,13H2,1H3. The van der Waals surface area contributed by atoms with Gasteiger partial charge in [0, 0.05) is 23.8 Å². The van der Waals surface area contributed by atoms with Gasteiger partial charge in [-0.3, -0.25) is 0 Å². The Kier molecular flexibility index (Phi) is 3.78. The molecule has 0 heterocycles. The van der Waals surface area contributed by atoms with E-state index in [0.29, 0.717) is 6.42 Å². The fraction of sp³-hybridized carbons (Fsp3) is 0.300. The van der Waals surface area contributed by atoms with Crippen molar-refractivity contribution in [2.24, 2.45) is 0 Å². The number of anilines is 2. The van der Waals surface area contributed by atoms with Crippen molar-refractivity contribution in [3.63, 3.8) is 0 Å². The van der Waals surface area contributed by atoms with E-state index in [1.807, 2.05) is 30.1 Å². The molecule has 4 heteroatoms. The molecule has 0 aromatic heterocycles. The van der Waals surface area contributed by atoms with E-state index in [-0.39, 0.29) is 0 Å². The van der Waals surface area contributed by atoms with Crippen molar-refractivity contribution in [2.75, 3.05) is 24.2 Å². The van der Waals surface area contributed by atoms with Crippen LogP contribution in [0.2, 0.25) is 0 Å². The first-order valence-electron chi connectivity index (χ1n) is 4.28. The van der Waals surface area contributed by atoms with E-state index in [2.05, 4.69) is 22.0 Å². The van der Waals surface area contributed by atoms with Gasteiger partial charge in [-0.2, -0.15) is 5.26 Å². The first kappa shape index (κ1) is 10.9. The van der Waals surface area contributed by atoms with Gasteiger partial charge in [-0.25, -0.2) is 0 Å². The van der Waals surface area contributed by atoms with Gasteiger partial charge in [0.1, 0.15) is 0 Å². The molecule has 1 rings (SSSR count). The minimum absolute atomic E-state index is 0.521. The van der Waals surface area contributed by atoms with Crippen LogP contribution in [0.25, 0.3) is 0 Å². The summed E-state index contributed by atoms with van der Waals surface area (Å²) < 4.78 is 0.956. The molecule has 14 heavy (non-hydrogen) atoms. The van der Waals surface area contributed by atoms with Crippen LogP contribution in [0.3, 0.4) is 0 Å².